The van der Waals surface area contributed by atoms with Crippen molar-refractivity contribution in [3.8, 4) is 11.1 Å². The van der Waals surface area contributed by atoms with Crippen molar-refractivity contribution in [3.63, 3.8) is 0 Å². The average Bonchev–Trinajstić information content (AvgIpc) is 3.09. The second kappa shape index (κ2) is 6.80. The van der Waals surface area contributed by atoms with Crippen molar-refractivity contribution in [2.45, 2.75) is 25.8 Å². The minimum atomic E-state index is 0.406. The summed E-state index contributed by atoms with van der Waals surface area (Å²) in [7, 11) is 0. The molecule has 1 fully saturated rings. The predicted octanol–water partition coefficient (Wildman–Crippen LogP) is 3.54. The molecule has 0 bridgehead atoms. The van der Waals surface area contributed by atoms with Crippen LogP contribution in [0.3, 0.4) is 0 Å². The smallest absolute Gasteiger partial charge is 0.136 e. The van der Waals surface area contributed by atoms with Crippen molar-refractivity contribution in [3.05, 3.63) is 53.7 Å². The van der Waals surface area contributed by atoms with Crippen LogP contribution in [0.15, 0.2) is 42.9 Å². The highest BCUT2D eigenvalue weighted by Crippen LogP contribution is 2.32. The summed E-state index contributed by atoms with van der Waals surface area (Å²) in [6.45, 7) is 3.93. The number of anilines is 1. The van der Waals surface area contributed by atoms with E-state index in [4.69, 9.17) is 11.6 Å². The third kappa shape index (κ3) is 3.22. The second-order valence-electron chi connectivity index (χ2n) is 6.28. The standard InChI is InChI=1S/C18H19ClN6/c1-13-11-22-23-25(13)15-6-9-24(10-7-15)18-16(3-2-8-20-18)14-4-5-17(19)21-12-14/h2-5,8,11-12,15H,6-7,9-10H2,1H3. The quantitative estimate of drug-likeness (QED) is 0.673. The van der Waals surface area contributed by atoms with Crippen molar-refractivity contribution in [1.29, 1.82) is 0 Å². The maximum Gasteiger partial charge on any atom is 0.136 e. The first-order chi connectivity index (χ1) is 12.2. The van der Waals surface area contributed by atoms with Gasteiger partial charge in [-0.05, 0) is 44.0 Å². The molecular formula is C18H19ClN6. The Morgan fingerprint density at radius 2 is 1.92 bits per heavy atom. The molecule has 0 radical (unpaired) electrons. The SMILES string of the molecule is Cc1cnnn1C1CCN(c2ncccc2-c2ccc(Cl)nc2)CC1. The molecule has 0 N–H and O–H groups in total. The Morgan fingerprint density at radius 1 is 1.08 bits per heavy atom. The number of hydrogen-bond acceptors (Lipinski definition) is 5. The van der Waals surface area contributed by atoms with Gasteiger partial charge >= 0.3 is 0 Å². The molecule has 4 heterocycles. The van der Waals surface area contributed by atoms with Crippen LogP contribution in [0.4, 0.5) is 5.82 Å². The topological polar surface area (TPSA) is 59.7 Å². The Balaban J connectivity index is 1.56. The van der Waals surface area contributed by atoms with Crippen LogP contribution in [0.5, 0.6) is 0 Å². The van der Waals surface area contributed by atoms with Gasteiger partial charge in [0.1, 0.15) is 11.0 Å². The van der Waals surface area contributed by atoms with E-state index in [1.807, 2.05) is 35.3 Å². The van der Waals surface area contributed by atoms with Gasteiger partial charge in [-0.25, -0.2) is 14.6 Å². The number of aromatic nitrogens is 5. The lowest BCUT2D eigenvalue weighted by atomic mass is 10.0. The Bertz CT molecular complexity index is 852. The molecule has 0 spiro atoms. The maximum absolute atomic E-state index is 5.91. The number of pyridine rings is 2. The number of hydrogen-bond donors (Lipinski definition) is 0. The zero-order chi connectivity index (χ0) is 17.2. The summed E-state index contributed by atoms with van der Waals surface area (Å²) in [6, 6.07) is 8.25. The first-order valence-electron chi connectivity index (χ1n) is 8.41. The minimum Gasteiger partial charge on any atom is -0.356 e. The van der Waals surface area contributed by atoms with Gasteiger partial charge in [0.05, 0.1) is 17.9 Å². The number of piperidine rings is 1. The molecule has 3 aromatic rings. The molecule has 0 aliphatic carbocycles. The monoisotopic (exact) mass is 354 g/mol. The lowest BCUT2D eigenvalue weighted by Crippen LogP contribution is -2.36. The zero-order valence-corrected chi connectivity index (χ0v) is 14.8. The fourth-order valence-electron chi connectivity index (χ4n) is 3.39. The molecule has 1 aliphatic heterocycles. The van der Waals surface area contributed by atoms with Crippen molar-refractivity contribution >= 4 is 17.4 Å². The third-order valence-electron chi connectivity index (χ3n) is 4.69. The van der Waals surface area contributed by atoms with Gasteiger partial charge in [0.15, 0.2) is 0 Å². The van der Waals surface area contributed by atoms with Crippen LogP contribution < -0.4 is 4.90 Å². The van der Waals surface area contributed by atoms with Crippen LogP contribution in [-0.4, -0.2) is 38.1 Å². The van der Waals surface area contributed by atoms with Crippen molar-refractivity contribution in [1.82, 2.24) is 25.0 Å². The van der Waals surface area contributed by atoms with Gasteiger partial charge in [-0.3, -0.25) is 0 Å². The third-order valence-corrected chi connectivity index (χ3v) is 4.91. The Morgan fingerprint density at radius 3 is 2.60 bits per heavy atom. The highest BCUT2D eigenvalue weighted by molar-refractivity contribution is 6.29. The van der Waals surface area contributed by atoms with E-state index in [0.29, 0.717) is 11.2 Å². The molecule has 1 aliphatic rings. The molecule has 1 saturated heterocycles. The largest absolute Gasteiger partial charge is 0.356 e. The summed E-state index contributed by atoms with van der Waals surface area (Å²) in [5, 5.41) is 8.72. The first-order valence-corrected chi connectivity index (χ1v) is 8.79. The first kappa shape index (κ1) is 16.0. The minimum absolute atomic E-state index is 0.406. The molecule has 0 aromatic carbocycles. The van der Waals surface area contributed by atoms with Gasteiger partial charge in [-0.2, -0.15) is 0 Å². The molecule has 0 unspecified atom stereocenters. The Labute approximate surface area is 151 Å². The second-order valence-corrected chi connectivity index (χ2v) is 6.67. The van der Waals surface area contributed by atoms with E-state index >= 15 is 0 Å². The van der Waals surface area contributed by atoms with E-state index in [1.165, 1.54) is 0 Å². The van der Waals surface area contributed by atoms with Crippen LogP contribution in [0.2, 0.25) is 5.15 Å². The molecule has 3 aromatic heterocycles. The molecule has 4 rings (SSSR count). The van der Waals surface area contributed by atoms with Crippen LogP contribution >= 0.6 is 11.6 Å². The van der Waals surface area contributed by atoms with Crippen LogP contribution in [0, 0.1) is 6.92 Å². The van der Waals surface area contributed by atoms with Gasteiger partial charge in [0, 0.05) is 36.6 Å². The Kier molecular flexibility index (Phi) is 4.36. The van der Waals surface area contributed by atoms with E-state index in [1.54, 1.807) is 6.20 Å². The summed E-state index contributed by atoms with van der Waals surface area (Å²) in [5.74, 6) is 1.00. The van der Waals surface area contributed by atoms with Crippen molar-refractivity contribution in [2.24, 2.45) is 0 Å². The van der Waals surface area contributed by atoms with E-state index in [9.17, 15) is 0 Å². The fourth-order valence-corrected chi connectivity index (χ4v) is 3.50. The summed E-state index contributed by atoms with van der Waals surface area (Å²) >= 11 is 5.91. The number of rotatable bonds is 3. The van der Waals surface area contributed by atoms with Crippen LogP contribution in [-0.2, 0) is 0 Å². The summed E-state index contributed by atoms with van der Waals surface area (Å²) < 4.78 is 2.04. The van der Waals surface area contributed by atoms with Gasteiger partial charge in [0.2, 0.25) is 0 Å². The normalized spacial score (nSPS) is 15.5. The van der Waals surface area contributed by atoms with Gasteiger partial charge < -0.3 is 4.90 Å². The van der Waals surface area contributed by atoms with E-state index < -0.39 is 0 Å². The molecule has 7 heteroatoms. The molecule has 0 atom stereocenters. The summed E-state index contributed by atoms with van der Waals surface area (Å²) in [6.07, 6.45) is 7.51. The molecule has 0 amide bonds. The van der Waals surface area contributed by atoms with Crippen molar-refractivity contribution in [2.75, 3.05) is 18.0 Å². The predicted molar refractivity (Wildman–Crippen MR) is 97.7 cm³/mol. The van der Waals surface area contributed by atoms with Gasteiger partial charge in [0.25, 0.3) is 0 Å². The number of halogens is 1. The molecule has 25 heavy (non-hydrogen) atoms. The Hall–Kier alpha value is -2.47. The average molecular weight is 355 g/mol. The summed E-state index contributed by atoms with van der Waals surface area (Å²) in [4.78, 5) is 11.2. The van der Waals surface area contributed by atoms with E-state index in [2.05, 4.69) is 38.2 Å². The molecular weight excluding hydrogens is 336 g/mol. The molecule has 0 saturated carbocycles. The fraction of sp³-hybridized carbons (Fsp3) is 0.333. The summed E-state index contributed by atoms with van der Waals surface area (Å²) in [5.41, 5.74) is 3.23. The van der Waals surface area contributed by atoms with Crippen LogP contribution in [0.25, 0.3) is 11.1 Å². The van der Waals surface area contributed by atoms with Crippen molar-refractivity contribution < 1.29 is 0 Å². The number of aryl methyl sites for hydroxylation is 1. The molecule has 6 nitrogen and oxygen atoms in total. The molecule has 128 valence electrons. The van der Waals surface area contributed by atoms with Gasteiger partial charge in [-0.15, -0.1) is 5.10 Å². The lowest BCUT2D eigenvalue weighted by molar-refractivity contribution is 0.354. The van der Waals surface area contributed by atoms with E-state index in [-0.39, 0.29) is 0 Å². The van der Waals surface area contributed by atoms with E-state index in [0.717, 1.165) is 48.6 Å². The highest BCUT2D eigenvalue weighted by atomic mass is 35.5. The van der Waals surface area contributed by atoms with Crippen LogP contribution in [0.1, 0.15) is 24.6 Å². The number of nitrogens with zero attached hydrogens (tertiary/aromatic N) is 6. The zero-order valence-electron chi connectivity index (χ0n) is 14.0. The van der Waals surface area contributed by atoms with Gasteiger partial charge in [-0.1, -0.05) is 16.8 Å². The highest BCUT2D eigenvalue weighted by Gasteiger charge is 2.24. The maximum atomic E-state index is 5.91. The lowest BCUT2D eigenvalue weighted by Gasteiger charge is -2.34.